The molecular formula is C19H25O4P. The van der Waals surface area contributed by atoms with Crippen molar-refractivity contribution < 1.29 is 19.3 Å². The third-order valence-electron chi connectivity index (χ3n) is 3.89. The van der Waals surface area contributed by atoms with E-state index < -0.39 is 7.37 Å². The fraction of sp³-hybridized carbons (Fsp3) is 0.368. The molecule has 0 spiro atoms. The van der Waals surface area contributed by atoms with Crippen LogP contribution in [0.3, 0.4) is 0 Å². The maximum Gasteiger partial charge on any atom is 0.233 e. The number of ether oxygens (including phenoxy) is 1. The lowest BCUT2D eigenvalue weighted by Gasteiger charge is -2.13. The first-order chi connectivity index (χ1) is 11.2. The van der Waals surface area contributed by atoms with Crippen LogP contribution in [0.5, 0.6) is 11.5 Å². The van der Waals surface area contributed by atoms with Gasteiger partial charge in [0.15, 0.2) is 6.35 Å². The van der Waals surface area contributed by atoms with Crippen LogP contribution in [-0.2, 0) is 11.0 Å². The molecule has 1 unspecified atom stereocenters. The summed E-state index contributed by atoms with van der Waals surface area (Å²) in [5.74, 6) is 1.20. The number of phenols is 1. The Labute approximate surface area is 143 Å². The number of rotatable bonds is 6. The van der Waals surface area contributed by atoms with Crippen molar-refractivity contribution >= 4 is 7.37 Å². The van der Waals surface area contributed by atoms with Gasteiger partial charge < -0.3 is 14.7 Å². The number of aryl methyl sites for hydroxylation is 1. The van der Waals surface area contributed by atoms with Crippen molar-refractivity contribution in [2.75, 3.05) is 13.0 Å². The van der Waals surface area contributed by atoms with Crippen molar-refractivity contribution in [2.24, 2.45) is 0 Å². The second-order valence-electron chi connectivity index (χ2n) is 6.64. The van der Waals surface area contributed by atoms with Crippen LogP contribution in [0.15, 0.2) is 36.4 Å². The number of aromatic hydroxyl groups is 1. The van der Waals surface area contributed by atoms with Crippen LogP contribution in [0.25, 0.3) is 0 Å². The number of phenolic OH excluding ortho intramolecular Hbond substituents is 1. The quantitative estimate of drug-likeness (QED) is 0.746. The van der Waals surface area contributed by atoms with E-state index in [9.17, 15) is 14.6 Å². The highest BCUT2D eigenvalue weighted by Crippen LogP contribution is 2.35. The molecule has 0 saturated heterocycles. The van der Waals surface area contributed by atoms with Gasteiger partial charge in [0.25, 0.3) is 0 Å². The lowest BCUT2D eigenvalue weighted by molar-refractivity contribution is 0.352. The average Bonchev–Trinajstić information content (AvgIpc) is 2.48. The first-order valence-electron chi connectivity index (χ1n) is 7.99. The molecule has 0 aliphatic rings. The van der Waals surface area contributed by atoms with E-state index in [0.717, 1.165) is 28.7 Å². The molecule has 1 atom stereocenters. The molecule has 0 amide bonds. The van der Waals surface area contributed by atoms with Crippen molar-refractivity contribution in [3.63, 3.8) is 0 Å². The van der Waals surface area contributed by atoms with Crippen molar-refractivity contribution in [2.45, 2.75) is 33.1 Å². The topological polar surface area (TPSA) is 66.8 Å². The SMILES string of the molecule is Cc1cc(OCP(C)(=O)O)ccc1Cc1ccc(O)c(C(C)C)c1. The van der Waals surface area contributed by atoms with E-state index in [1.54, 1.807) is 6.07 Å². The predicted octanol–water partition coefficient (Wildman–Crippen LogP) is 4.65. The van der Waals surface area contributed by atoms with Gasteiger partial charge in [0, 0.05) is 6.66 Å². The number of benzene rings is 2. The first-order valence-corrected chi connectivity index (χ1v) is 10.3. The number of hydrogen-bond donors (Lipinski definition) is 2. The van der Waals surface area contributed by atoms with Crippen LogP contribution in [0, 0.1) is 6.92 Å². The van der Waals surface area contributed by atoms with E-state index in [-0.39, 0.29) is 12.3 Å². The van der Waals surface area contributed by atoms with E-state index in [0.29, 0.717) is 11.5 Å². The summed E-state index contributed by atoms with van der Waals surface area (Å²) in [6.07, 6.45) is 0.583. The zero-order valence-electron chi connectivity index (χ0n) is 14.6. The van der Waals surface area contributed by atoms with Gasteiger partial charge in [0.2, 0.25) is 7.37 Å². The van der Waals surface area contributed by atoms with Gasteiger partial charge >= 0.3 is 0 Å². The molecule has 0 bridgehead atoms. The van der Waals surface area contributed by atoms with Crippen LogP contribution in [0.4, 0.5) is 0 Å². The Bertz CT molecular complexity index is 762. The summed E-state index contributed by atoms with van der Waals surface area (Å²) in [5.41, 5.74) is 4.32. The molecule has 0 saturated carbocycles. The average molecular weight is 348 g/mol. The van der Waals surface area contributed by atoms with E-state index in [1.807, 2.05) is 37.3 Å². The molecule has 0 heterocycles. The maximum absolute atomic E-state index is 11.3. The summed E-state index contributed by atoms with van der Waals surface area (Å²) >= 11 is 0. The monoisotopic (exact) mass is 348 g/mol. The zero-order valence-corrected chi connectivity index (χ0v) is 15.5. The molecule has 0 aliphatic heterocycles. The van der Waals surface area contributed by atoms with E-state index >= 15 is 0 Å². The van der Waals surface area contributed by atoms with E-state index in [1.165, 1.54) is 6.66 Å². The molecule has 2 aromatic carbocycles. The Balaban J connectivity index is 2.16. The maximum atomic E-state index is 11.3. The third-order valence-corrected chi connectivity index (χ3v) is 4.50. The summed E-state index contributed by atoms with van der Waals surface area (Å²) < 4.78 is 16.7. The van der Waals surface area contributed by atoms with E-state index in [2.05, 4.69) is 13.8 Å². The van der Waals surface area contributed by atoms with Gasteiger partial charge in [-0.25, -0.2) is 0 Å². The molecule has 5 heteroatoms. The second kappa shape index (κ2) is 7.42. The minimum absolute atomic E-state index is 0.179. The van der Waals surface area contributed by atoms with Gasteiger partial charge in [0.1, 0.15) is 11.5 Å². The van der Waals surface area contributed by atoms with Crippen LogP contribution in [0.2, 0.25) is 0 Å². The Morgan fingerprint density at radius 2 is 1.88 bits per heavy atom. The third kappa shape index (κ3) is 5.12. The second-order valence-corrected chi connectivity index (χ2v) is 9.00. The minimum atomic E-state index is -3.18. The number of hydrogen-bond acceptors (Lipinski definition) is 3. The van der Waals surface area contributed by atoms with Gasteiger partial charge in [-0.3, -0.25) is 4.57 Å². The van der Waals surface area contributed by atoms with Crippen molar-refractivity contribution in [3.05, 3.63) is 58.7 Å². The van der Waals surface area contributed by atoms with Gasteiger partial charge in [0.05, 0.1) is 0 Å². The Morgan fingerprint density at radius 3 is 2.46 bits per heavy atom. The van der Waals surface area contributed by atoms with Crippen molar-refractivity contribution in [1.29, 1.82) is 0 Å². The fourth-order valence-corrected chi connectivity index (χ4v) is 2.94. The molecule has 2 N–H and O–H groups in total. The van der Waals surface area contributed by atoms with Crippen molar-refractivity contribution in [3.8, 4) is 11.5 Å². The first kappa shape index (κ1) is 18.6. The molecule has 0 aliphatic carbocycles. The Kier molecular flexibility index (Phi) is 5.74. The standard InChI is InChI=1S/C19H25O4P/c1-13(2)18-11-15(5-8-19(18)20)10-16-6-7-17(9-14(16)3)23-12-24(4,21)22/h5-9,11,13,20H,10,12H2,1-4H3,(H,21,22). The fourth-order valence-electron chi connectivity index (χ4n) is 2.55. The molecule has 2 rings (SSSR count). The lowest BCUT2D eigenvalue weighted by Crippen LogP contribution is -1.99. The van der Waals surface area contributed by atoms with Crippen LogP contribution in [-0.4, -0.2) is 23.0 Å². The van der Waals surface area contributed by atoms with Crippen LogP contribution in [0.1, 0.15) is 42.0 Å². The highest BCUT2D eigenvalue weighted by Gasteiger charge is 2.12. The largest absolute Gasteiger partial charge is 0.508 e. The summed E-state index contributed by atoms with van der Waals surface area (Å²) in [6, 6.07) is 11.4. The molecule has 130 valence electrons. The van der Waals surface area contributed by atoms with Crippen LogP contribution < -0.4 is 4.74 Å². The van der Waals surface area contributed by atoms with Gasteiger partial charge in [-0.1, -0.05) is 32.0 Å². The molecule has 0 aromatic heterocycles. The minimum Gasteiger partial charge on any atom is -0.508 e. The summed E-state index contributed by atoms with van der Waals surface area (Å²) in [6.45, 7) is 7.40. The predicted molar refractivity (Wildman–Crippen MR) is 97.4 cm³/mol. The van der Waals surface area contributed by atoms with Crippen LogP contribution >= 0.6 is 7.37 Å². The van der Waals surface area contributed by atoms with Gasteiger partial charge in [-0.05, 0) is 59.7 Å². The molecule has 0 fully saturated rings. The van der Waals surface area contributed by atoms with Crippen molar-refractivity contribution in [1.82, 2.24) is 0 Å². The Morgan fingerprint density at radius 1 is 1.17 bits per heavy atom. The molecule has 4 nitrogen and oxygen atoms in total. The molecule has 24 heavy (non-hydrogen) atoms. The highest BCUT2D eigenvalue weighted by molar-refractivity contribution is 7.56. The normalized spacial score (nSPS) is 13.8. The van der Waals surface area contributed by atoms with Gasteiger partial charge in [-0.15, -0.1) is 0 Å². The highest BCUT2D eigenvalue weighted by atomic mass is 31.2. The smallest absolute Gasteiger partial charge is 0.233 e. The molecule has 2 aromatic rings. The Hall–Kier alpha value is -1.77. The zero-order chi connectivity index (χ0) is 17.9. The summed E-state index contributed by atoms with van der Waals surface area (Å²) in [5, 5.41) is 9.93. The van der Waals surface area contributed by atoms with Gasteiger partial charge in [-0.2, -0.15) is 0 Å². The van der Waals surface area contributed by atoms with E-state index in [4.69, 9.17) is 4.74 Å². The summed E-state index contributed by atoms with van der Waals surface area (Å²) in [4.78, 5) is 9.30. The lowest BCUT2D eigenvalue weighted by atomic mass is 9.95. The molecule has 0 radical (unpaired) electrons. The summed E-state index contributed by atoms with van der Waals surface area (Å²) in [7, 11) is -3.18. The molecular weight excluding hydrogens is 323 g/mol.